The van der Waals surface area contributed by atoms with E-state index >= 15 is 0 Å². The summed E-state index contributed by atoms with van der Waals surface area (Å²) in [6, 6.07) is 0. The van der Waals surface area contributed by atoms with Gasteiger partial charge in [-0.1, -0.05) is 6.92 Å². The topological polar surface area (TPSA) is 29.9 Å². The molecule has 0 aromatic carbocycles. The summed E-state index contributed by atoms with van der Waals surface area (Å²) in [7, 11) is 0. The molecule has 1 fully saturated rings. The lowest BCUT2D eigenvalue weighted by Gasteiger charge is -2.12. The molecule has 0 bridgehead atoms. The van der Waals surface area contributed by atoms with Crippen LogP contribution < -0.4 is 5.32 Å². The third-order valence-electron chi connectivity index (χ3n) is 2.87. The lowest BCUT2D eigenvalue weighted by atomic mass is 10.2. The van der Waals surface area contributed by atoms with Crippen LogP contribution in [-0.2, 0) is 6.54 Å². The number of nitrogens with zero attached hydrogens (tertiary/aromatic N) is 2. The fourth-order valence-corrected chi connectivity index (χ4v) is 3.31. The van der Waals surface area contributed by atoms with Gasteiger partial charge in [0.15, 0.2) is 0 Å². The van der Waals surface area contributed by atoms with Crippen LogP contribution >= 0.6 is 11.8 Å². The molecule has 1 aliphatic rings. The van der Waals surface area contributed by atoms with Crippen molar-refractivity contribution in [2.45, 2.75) is 44.9 Å². The molecule has 0 saturated carbocycles. The monoisotopic (exact) mass is 239 g/mol. The van der Waals surface area contributed by atoms with E-state index in [-0.39, 0.29) is 0 Å². The van der Waals surface area contributed by atoms with E-state index in [0.29, 0.717) is 0 Å². The van der Waals surface area contributed by atoms with Gasteiger partial charge >= 0.3 is 0 Å². The minimum atomic E-state index is 0.784. The number of thioether (sulfide) groups is 1. The van der Waals surface area contributed by atoms with E-state index in [4.69, 9.17) is 0 Å². The maximum atomic E-state index is 4.53. The first kappa shape index (κ1) is 11.8. The fraction of sp³-hybridized carbons (Fsp3) is 0.750. The van der Waals surface area contributed by atoms with Crippen LogP contribution in [0.3, 0.4) is 0 Å². The zero-order valence-corrected chi connectivity index (χ0v) is 11.0. The van der Waals surface area contributed by atoms with Crippen molar-refractivity contribution >= 4 is 17.7 Å². The quantitative estimate of drug-likeness (QED) is 0.857. The minimum absolute atomic E-state index is 0.784. The Balaban J connectivity index is 1.91. The Morgan fingerprint density at radius 3 is 3.19 bits per heavy atom. The van der Waals surface area contributed by atoms with Gasteiger partial charge in [0.25, 0.3) is 0 Å². The van der Waals surface area contributed by atoms with Crippen LogP contribution in [0.5, 0.6) is 0 Å². The first-order valence-electron chi connectivity index (χ1n) is 6.19. The van der Waals surface area contributed by atoms with Crippen molar-refractivity contribution in [1.29, 1.82) is 0 Å². The molecule has 90 valence electrons. The van der Waals surface area contributed by atoms with E-state index in [0.717, 1.165) is 36.4 Å². The highest BCUT2D eigenvalue weighted by atomic mass is 32.2. The number of rotatable bonds is 5. The van der Waals surface area contributed by atoms with Gasteiger partial charge in [-0.2, -0.15) is 11.8 Å². The van der Waals surface area contributed by atoms with Crippen LogP contribution in [0.25, 0.3) is 0 Å². The molecule has 1 N–H and O–H groups in total. The molecule has 4 heteroatoms. The SMILES string of the molecule is CCCn1cc(C)nc1NCC1CCCS1. The van der Waals surface area contributed by atoms with Gasteiger partial charge in [-0.15, -0.1) is 0 Å². The van der Waals surface area contributed by atoms with Crippen LogP contribution in [-0.4, -0.2) is 27.1 Å². The molecule has 3 nitrogen and oxygen atoms in total. The van der Waals surface area contributed by atoms with Gasteiger partial charge in [-0.05, 0) is 31.9 Å². The van der Waals surface area contributed by atoms with Gasteiger partial charge < -0.3 is 9.88 Å². The molecule has 0 amide bonds. The lowest BCUT2D eigenvalue weighted by Crippen LogP contribution is -2.16. The molecule has 1 aliphatic heterocycles. The summed E-state index contributed by atoms with van der Waals surface area (Å²) in [4.78, 5) is 4.53. The first-order valence-corrected chi connectivity index (χ1v) is 7.23. The van der Waals surface area contributed by atoms with E-state index < -0.39 is 0 Å². The number of anilines is 1. The lowest BCUT2D eigenvalue weighted by molar-refractivity contribution is 0.679. The molecule has 0 aliphatic carbocycles. The Morgan fingerprint density at radius 2 is 2.50 bits per heavy atom. The fourth-order valence-electron chi connectivity index (χ4n) is 2.11. The van der Waals surface area contributed by atoms with E-state index in [2.05, 4.69) is 46.7 Å². The Morgan fingerprint density at radius 1 is 1.62 bits per heavy atom. The highest BCUT2D eigenvalue weighted by molar-refractivity contribution is 8.00. The van der Waals surface area contributed by atoms with E-state index in [9.17, 15) is 0 Å². The second-order valence-corrected chi connectivity index (χ2v) is 5.82. The Hall–Kier alpha value is -0.640. The van der Waals surface area contributed by atoms with Crippen LogP contribution in [0, 0.1) is 6.92 Å². The smallest absolute Gasteiger partial charge is 0.203 e. The zero-order chi connectivity index (χ0) is 11.4. The third kappa shape index (κ3) is 2.94. The summed E-state index contributed by atoms with van der Waals surface area (Å²) in [5.41, 5.74) is 1.11. The highest BCUT2D eigenvalue weighted by Gasteiger charge is 2.16. The second kappa shape index (κ2) is 5.62. The highest BCUT2D eigenvalue weighted by Crippen LogP contribution is 2.26. The second-order valence-electron chi connectivity index (χ2n) is 4.42. The van der Waals surface area contributed by atoms with Gasteiger partial charge in [0.05, 0.1) is 5.69 Å². The molecule has 2 heterocycles. The zero-order valence-electron chi connectivity index (χ0n) is 10.2. The van der Waals surface area contributed by atoms with Crippen LogP contribution in [0.1, 0.15) is 31.9 Å². The summed E-state index contributed by atoms with van der Waals surface area (Å²) in [6.45, 7) is 6.37. The van der Waals surface area contributed by atoms with Crippen molar-refractivity contribution < 1.29 is 0 Å². The van der Waals surface area contributed by atoms with Crippen LogP contribution in [0.4, 0.5) is 5.95 Å². The molecule has 1 aromatic heterocycles. The van der Waals surface area contributed by atoms with Crippen molar-refractivity contribution in [2.75, 3.05) is 17.6 Å². The van der Waals surface area contributed by atoms with Crippen molar-refractivity contribution in [3.63, 3.8) is 0 Å². The largest absolute Gasteiger partial charge is 0.355 e. The van der Waals surface area contributed by atoms with Crippen molar-refractivity contribution in [1.82, 2.24) is 9.55 Å². The number of hydrogen-bond donors (Lipinski definition) is 1. The first-order chi connectivity index (χ1) is 7.79. The molecule has 2 rings (SSSR count). The van der Waals surface area contributed by atoms with E-state index in [1.54, 1.807) is 0 Å². The number of imidazole rings is 1. The predicted octanol–water partition coefficient (Wildman–Crippen LogP) is 2.91. The standard InChI is InChI=1S/C12H21N3S/c1-3-6-15-9-10(2)14-12(15)13-8-11-5-4-7-16-11/h9,11H,3-8H2,1-2H3,(H,13,14). The van der Waals surface area contributed by atoms with Crippen molar-refractivity contribution in [2.24, 2.45) is 0 Å². The average Bonchev–Trinajstić information content (AvgIpc) is 2.86. The van der Waals surface area contributed by atoms with Crippen LogP contribution in [0.2, 0.25) is 0 Å². The van der Waals surface area contributed by atoms with Crippen LogP contribution in [0.15, 0.2) is 6.20 Å². The molecule has 1 unspecified atom stereocenters. The normalized spacial score (nSPS) is 20.2. The minimum Gasteiger partial charge on any atom is -0.355 e. The predicted molar refractivity (Wildman–Crippen MR) is 71.2 cm³/mol. The number of aromatic nitrogens is 2. The molecule has 1 atom stereocenters. The molecular formula is C12H21N3S. The summed E-state index contributed by atoms with van der Waals surface area (Å²) in [6.07, 6.45) is 6.01. The summed E-state index contributed by atoms with van der Waals surface area (Å²) in [5, 5.41) is 4.28. The molecule has 0 radical (unpaired) electrons. The van der Waals surface area contributed by atoms with Gasteiger partial charge in [-0.25, -0.2) is 4.98 Å². The summed E-state index contributed by atoms with van der Waals surface area (Å²) < 4.78 is 2.23. The molecule has 0 spiro atoms. The molecule has 16 heavy (non-hydrogen) atoms. The van der Waals surface area contributed by atoms with Crippen molar-refractivity contribution in [3.05, 3.63) is 11.9 Å². The van der Waals surface area contributed by atoms with E-state index in [1.807, 2.05) is 0 Å². The summed E-state index contributed by atoms with van der Waals surface area (Å²) in [5.74, 6) is 2.38. The number of hydrogen-bond acceptors (Lipinski definition) is 3. The Bertz CT molecular complexity index is 329. The van der Waals surface area contributed by atoms with Gasteiger partial charge in [-0.3, -0.25) is 0 Å². The molecule has 1 saturated heterocycles. The van der Waals surface area contributed by atoms with Gasteiger partial charge in [0.2, 0.25) is 5.95 Å². The van der Waals surface area contributed by atoms with Gasteiger partial charge in [0, 0.05) is 24.5 Å². The Labute approximate surface area is 102 Å². The Kier molecular flexibility index (Phi) is 4.16. The summed E-state index contributed by atoms with van der Waals surface area (Å²) >= 11 is 2.09. The third-order valence-corrected chi connectivity index (χ3v) is 4.27. The maximum Gasteiger partial charge on any atom is 0.203 e. The maximum absolute atomic E-state index is 4.53. The molecule has 1 aromatic rings. The number of nitrogens with one attached hydrogen (secondary N) is 1. The number of aryl methyl sites for hydroxylation is 2. The molecular weight excluding hydrogens is 218 g/mol. The average molecular weight is 239 g/mol. The van der Waals surface area contributed by atoms with Crippen molar-refractivity contribution in [3.8, 4) is 0 Å². The van der Waals surface area contributed by atoms with Gasteiger partial charge in [0.1, 0.15) is 0 Å². The van der Waals surface area contributed by atoms with E-state index in [1.165, 1.54) is 18.6 Å².